The zero-order valence-corrected chi connectivity index (χ0v) is 16.3. The molecule has 2 heterocycles. The first-order valence-corrected chi connectivity index (χ1v) is 9.64. The SMILES string of the molecule is COc1ccc(OC)c(-n2nnnc2S[C@H]2CCc3ccccc3NC2=O)c1. The summed E-state index contributed by atoms with van der Waals surface area (Å²) in [6.07, 6.45) is 1.49. The molecule has 0 aliphatic carbocycles. The largest absolute Gasteiger partial charge is 0.497 e. The number of ether oxygens (including phenoxy) is 2. The number of para-hydroxylation sites is 1. The monoisotopic (exact) mass is 397 g/mol. The standard InChI is InChI=1S/C19H19N5O3S/c1-26-13-8-9-16(27-2)15(11-13)24-19(21-22-23-24)28-17-10-7-12-5-3-4-6-14(12)20-18(17)25/h3-6,8-9,11,17H,7,10H2,1-2H3,(H,20,25)/t17-/m0/s1. The smallest absolute Gasteiger partial charge is 0.237 e. The Morgan fingerprint density at radius 2 is 2.04 bits per heavy atom. The van der Waals surface area contributed by atoms with Gasteiger partial charge in [0.15, 0.2) is 0 Å². The number of hydrogen-bond donors (Lipinski definition) is 1. The summed E-state index contributed by atoms with van der Waals surface area (Å²) >= 11 is 1.34. The van der Waals surface area contributed by atoms with Crippen LogP contribution >= 0.6 is 11.8 Å². The molecule has 1 amide bonds. The zero-order valence-electron chi connectivity index (χ0n) is 15.5. The Balaban J connectivity index is 1.62. The number of methoxy groups -OCH3 is 2. The fraction of sp³-hybridized carbons (Fsp3) is 0.263. The number of carbonyl (C=O) groups is 1. The molecule has 1 aromatic heterocycles. The van der Waals surface area contributed by atoms with Gasteiger partial charge in [0, 0.05) is 11.8 Å². The minimum absolute atomic E-state index is 0.0536. The Kier molecular flexibility index (Phi) is 5.16. The maximum atomic E-state index is 12.7. The lowest BCUT2D eigenvalue weighted by atomic mass is 10.1. The number of fused-ring (bicyclic) bond motifs is 1. The number of thioether (sulfide) groups is 1. The van der Waals surface area contributed by atoms with E-state index < -0.39 is 0 Å². The van der Waals surface area contributed by atoms with Gasteiger partial charge in [0.25, 0.3) is 0 Å². The van der Waals surface area contributed by atoms with Crippen LogP contribution < -0.4 is 14.8 Å². The van der Waals surface area contributed by atoms with E-state index in [2.05, 4.69) is 20.8 Å². The fourth-order valence-electron chi connectivity index (χ4n) is 3.10. The molecular formula is C19H19N5O3S. The van der Waals surface area contributed by atoms with Crippen molar-refractivity contribution in [3.63, 3.8) is 0 Å². The summed E-state index contributed by atoms with van der Waals surface area (Å²) in [6.45, 7) is 0. The quantitative estimate of drug-likeness (QED) is 0.708. The normalized spacial score (nSPS) is 16.1. The van der Waals surface area contributed by atoms with Gasteiger partial charge < -0.3 is 14.8 Å². The first-order chi connectivity index (χ1) is 13.7. The Morgan fingerprint density at radius 3 is 2.86 bits per heavy atom. The van der Waals surface area contributed by atoms with E-state index >= 15 is 0 Å². The lowest BCUT2D eigenvalue weighted by Gasteiger charge is -2.14. The van der Waals surface area contributed by atoms with E-state index in [0.717, 1.165) is 17.7 Å². The van der Waals surface area contributed by atoms with E-state index in [9.17, 15) is 4.79 Å². The van der Waals surface area contributed by atoms with E-state index in [1.165, 1.54) is 11.8 Å². The summed E-state index contributed by atoms with van der Waals surface area (Å²) in [5.74, 6) is 1.21. The molecule has 2 aromatic carbocycles. The summed E-state index contributed by atoms with van der Waals surface area (Å²) in [7, 11) is 3.17. The van der Waals surface area contributed by atoms with Gasteiger partial charge in [0.1, 0.15) is 17.2 Å². The highest BCUT2D eigenvalue weighted by molar-refractivity contribution is 8.00. The molecule has 0 saturated heterocycles. The molecule has 1 N–H and O–H groups in total. The highest BCUT2D eigenvalue weighted by Gasteiger charge is 2.27. The molecule has 1 atom stereocenters. The zero-order chi connectivity index (χ0) is 19.5. The molecule has 144 valence electrons. The van der Waals surface area contributed by atoms with Crippen LogP contribution in [-0.2, 0) is 11.2 Å². The Labute approximate surface area is 166 Å². The molecule has 28 heavy (non-hydrogen) atoms. The van der Waals surface area contributed by atoms with Gasteiger partial charge in [-0.25, -0.2) is 0 Å². The van der Waals surface area contributed by atoms with E-state index in [1.807, 2.05) is 24.3 Å². The number of anilines is 1. The maximum Gasteiger partial charge on any atom is 0.237 e. The average molecular weight is 397 g/mol. The number of carbonyl (C=O) groups excluding carboxylic acids is 1. The van der Waals surface area contributed by atoms with Crippen LogP contribution in [0.1, 0.15) is 12.0 Å². The van der Waals surface area contributed by atoms with Gasteiger partial charge in [-0.05, 0) is 47.0 Å². The predicted molar refractivity (Wildman–Crippen MR) is 105 cm³/mol. The Hall–Kier alpha value is -3.07. The number of hydrogen-bond acceptors (Lipinski definition) is 7. The first-order valence-electron chi connectivity index (χ1n) is 8.76. The molecule has 0 spiro atoms. The van der Waals surface area contributed by atoms with Crippen molar-refractivity contribution in [1.29, 1.82) is 0 Å². The van der Waals surface area contributed by atoms with Crippen LogP contribution in [0.5, 0.6) is 11.5 Å². The molecule has 3 aromatic rings. The van der Waals surface area contributed by atoms with Crippen LogP contribution in [0.15, 0.2) is 47.6 Å². The van der Waals surface area contributed by atoms with E-state index in [1.54, 1.807) is 37.1 Å². The molecule has 9 heteroatoms. The Morgan fingerprint density at radius 1 is 1.18 bits per heavy atom. The van der Waals surface area contributed by atoms with Crippen molar-refractivity contribution < 1.29 is 14.3 Å². The average Bonchev–Trinajstić information content (AvgIpc) is 3.12. The fourth-order valence-corrected chi connectivity index (χ4v) is 4.07. The summed E-state index contributed by atoms with van der Waals surface area (Å²) in [6, 6.07) is 13.2. The van der Waals surface area contributed by atoms with Crippen molar-refractivity contribution in [3.8, 4) is 17.2 Å². The summed E-state index contributed by atoms with van der Waals surface area (Å²) < 4.78 is 12.3. The van der Waals surface area contributed by atoms with Crippen molar-refractivity contribution in [3.05, 3.63) is 48.0 Å². The third-order valence-corrected chi connectivity index (χ3v) is 5.75. The number of nitrogens with one attached hydrogen (secondary N) is 1. The molecule has 1 aliphatic rings. The van der Waals surface area contributed by atoms with Crippen molar-refractivity contribution in [1.82, 2.24) is 20.2 Å². The molecule has 0 unspecified atom stereocenters. The van der Waals surface area contributed by atoms with Gasteiger partial charge in [0.05, 0.1) is 19.5 Å². The number of benzene rings is 2. The third-order valence-electron chi connectivity index (χ3n) is 4.55. The van der Waals surface area contributed by atoms with Crippen LogP contribution in [0.4, 0.5) is 5.69 Å². The van der Waals surface area contributed by atoms with Gasteiger partial charge in [0.2, 0.25) is 11.1 Å². The molecule has 0 saturated carbocycles. The minimum atomic E-state index is -0.311. The van der Waals surface area contributed by atoms with Crippen LogP contribution in [0.3, 0.4) is 0 Å². The second-order valence-corrected chi connectivity index (χ2v) is 7.37. The third kappa shape index (κ3) is 3.53. The van der Waals surface area contributed by atoms with Crippen LogP contribution in [0, 0.1) is 0 Å². The Bertz CT molecular complexity index is 1010. The first kappa shape index (κ1) is 18.3. The number of nitrogens with zero attached hydrogens (tertiary/aromatic N) is 4. The van der Waals surface area contributed by atoms with Crippen molar-refractivity contribution in [2.75, 3.05) is 19.5 Å². The van der Waals surface area contributed by atoms with Gasteiger partial charge in [-0.3, -0.25) is 4.79 Å². The molecule has 0 bridgehead atoms. The van der Waals surface area contributed by atoms with Crippen molar-refractivity contribution in [2.24, 2.45) is 0 Å². The van der Waals surface area contributed by atoms with Gasteiger partial charge in [-0.1, -0.05) is 30.0 Å². The maximum absolute atomic E-state index is 12.7. The predicted octanol–water partition coefficient (Wildman–Crippen LogP) is 2.73. The molecule has 4 rings (SSSR count). The van der Waals surface area contributed by atoms with Gasteiger partial charge in [-0.15, -0.1) is 5.10 Å². The van der Waals surface area contributed by atoms with Gasteiger partial charge in [-0.2, -0.15) is 4.68 Å². The number of rotatable bonds is 5. The number of amides is 1. The minimum Gasteiger partial charge on any atom is -0.497 e. The van der Waals surface area contributed by atoms with Crippen LogP contribution in [0.2, 0.25) is 0 Å². The van der Waals surface area contributed by atoms with Crippen LogP contribution in [0.25, 0.3) is 5.69 Å². The van der Waals surface area contributed by atoms with E-state index in [0.29, 0.717) is 28.8 Å². The van der Waals surface area contributed by atoms with Crippen LogP contribution in [-0.4, -0.2) is 45.6 Å². The number of aryl methyl sites for hydroxylation is 1. The lowest BCUT2D eigenvalue weighted by molar-refractivity contribution is -0.115. The topological polar surface area (TPSA) is 91.2 Å². The molecule has 1 aliphatic heterocycles. The molecule has 0 radical (unpaired) electrons. The second kappa shape index (κ2) is 7.89. The molecular weight excluding hydrogens is 378 g/mol. The van der Waals surface area contributed by atoms with Crippen molar-refractivity contribution >= 4 is 23.4 Å². The van der Waals surface area contributed by atoms with E-state index in [4.69, 9.17) is 9.47 Å². The van der Waals surface area contributed by atoms with Crippen molar-refractivity contribution in [2.45, 2.75) is 23.2 Å². The molecule has 8 nitrogen and oxygen atoms in total. The second-order valence-electron chi connectivity index (χ2n) is 6.20. The van der Waals surface area contributed by atoms with E-state index in [-0.39, 0.29) is 11.2 Å². The summed E-state index contributed by atoms with van der Waals surface area (Å²) in [5, 5.41) is 15.2. The number of aromatic nitrogens is 4. The summed E-state index contributed by atoms with van der Waals surface area (Å²) in [4.78, 5) is 12.7. The van der Waals surface area contributed by atoms with Gasteiger partial charge >= 0.3 is 0 Å². The number of tetrazole rings is 1. The molecule has 0 fully saturated rings. The highest BCUT2D eigenvalue weighted by Crippen LogP contribution is 2.34. The summed E-state index contributed by atoms with van der Waals surface area (Å²) in [5.41, 5.74) is 2.64. The highest BCUT2D eigenvalue weighted by atomic mass is 32.2. The lowest BCUT2D eigenvalue weighted by Crippen LogP contribution is -2.24.